The van der Waals surface area contributed by atoms with Gasteiger partial charge in [0.15, 0.2) is 5.16 Å². The largest absolute Gasteiger partial charge is 0.393 e. The van der Waals surface area contributed by atoms with Gasteiger partial charge in [0.25, 0.3) is 0 Å². The normalized spacial score (nSPS) is 46.6. The van der Waals surface area contributed by atoms with E-state index in [1.165, 1.54) is 12.0 Å². The second-order valence-corrected chi connectivity index (χ2v) is 11.7. The van der Waals surface area contributed by atoms with Crippen LogP contribution in [-0.4, -0.2) is 37.2 Å². The number of allylic oxidation sites excluding steroid dienone is 1. The third-order valence-electron chi connectivity index (χ3n) is 9.62. The van der Waals surface area contributed by atoms with Crippen LogP contribution in [0.1, 0.15) is 65.2 Å². The molecular formula is C24H36N2O2S. The summed E-state index contributed by atoms with van der Waals surface area (Å²) in [5, 5.41) is 23.0. The van der Waals surface area contributed by atoms with E-state index in [1.54, 1.807) is 11.8 Å². The van der Waals surface area contributed by atoms with Crippen molar-refractivity contribution in [3.05, 3.63) is 24.0 Å². The van der Waals surface area contributed by atoms with Gasteiger partial charge >= 0.3 is 0 Å². The van der Waals surface area contributed by atoms with Crippen LogP contribution in [0.25, 0.3) is 0 Å². The Labute approximate surface area is 179 Å². The molecule has 5 rings (SSSR count). The molecule has 4 aliphatic carbocycles. The summed E-state index contributed by atoms with van der Waals surface area (Å²) in [6.07, 6.45) is 14.7. The lowest BCUT2D eigenvalue weighted by Crippen LogP contribution is -2.55. The van der Waals surface area contributed by atoms with Crippen LogP contribution >= 0.6 is 11.8 Å². The molecule has 160 valence electrons. The zero-order chi connectivity index (χ0) is 20.4. The Kier molecular flexibility index (Phi) is 4.77. The van der Waals surface area contributed by atoms with Crippen LogP contribution in [0, 0.1) is 28.6 Å². The molecule has 29 heavy (non-hydrogen) atoms. The van der Waals surface area contributed by atoms with E-state index in [0.717, 1.165) is 61.8 Å². The van der Waals surface area contributed by atoms with Crippen LogP contribution in [0.4, 0.5) is 0 Å². The highest BCUT2D eigenvalue weighted by molar-refractivity contribution is 7.99. The summed E-state index contributed by atoms with van der Waals surface area (Å²) in [6, 6.07) is 0. The first kappa shape index (κ1) is 20.1. The monoisotopic (exact) mass is 416 g/mol. The van der Waals surface area contributed by atoms with Crippen LogP contribution in [0.15, 0.2) is 29.2 Å². The van der Waals surface area contributed by atoms with Crippen molar-refractivity contribution in [2.45, 2.75) is 82.1 Å². The molecule has 5 heteroatoms. The molecule has 1 aromatic heterocycles. The van der Waals surface area contributed by atoms with Gasteiger partial charge in [-0.15, -0.1) is 0 Å². The predicted octanol–water partition coefficient (Wildman–Crippen LogP) is 4.57. The van der Waals surface area contributed by atoms with Gasteiger partial charge in [-0.1, -0.05) is 37.3 Å². The topological polar surface area (TPSA) is 58.3 Å². The van der Waals surface area contributed by atoms with E-state index in [1.807, 2.05) is 24.0 Å². The van der Waals surface area contributed by atoms with Crippen molar-refractivity contribution < 1.29 is 10.2 Å². The molecule has 4 aliphatic rings. The molecule has 3 saturated carbocycles. The molecule has 2 N–H and O–H groups in total. The average Bonchev–Trinajstić information content (AvgIpc) is 3.22. The third kappa shape index (κ3) is 2.90. The number of aromatic nitrogens is 2. The zero-order valence-corrected chi connectivity index (χ0v) is 18.9. The number of hydrogen-bond donors (Lipinski definition) is 2. The number of hydrogen-bond acceptors (Lipinski definition) is 4. The molecule has 0 aromatic carbocycles. The van der Waals surface area contributed by atoms with Crippen molar-refractivity contribution in [1.29, 1.82) is 0 Å². The zero-order valence-electron chi connectivity index (χ0n) is 18.1. The van der Waals surface area contributed by atoms with E-state index in [-0.39, 0.29) is 16.9 Å². The Morgan fingerprint density at radius 2 is 1.97 bits per heavy atom. The lowest BCUT2D eigenvalue weighted by molar-refractivity contribution is -0.113. The van der Waals surface area contributed by atoms with Crippen LogP contribution in [0.3, 0.4) is 0 Å². The van der Waals surface area contributed by atoms with Crippen LogP contribution < -0.4 is 0 Å². The summed E-state index contributed by atoms with van der Waals surface area (Å²) in [5.41, 5.74) is 1.20. The number of aryl methyl sites for hydroxylation is 1. The van der Waals surface area contributed by atoms with Gasteiger partial charge in [0.1, 0.15) is 0 Å². The Hall–Kier alpha value is -0.780. The maximum absolute atomic E-state index is 11.9. The molecule has 4 nitrogen and oxygen atoms in total. The molecule has 0 bridgehead atoms. The fraction of sp³-hybridized carbons (Fsp3) is 0.792. The van der Waals surface area contributed by atoms with E-state index in [9.17, 15) is 10.2 Å². The van der Waals surface area contributed by atoms with E-state index in [0.29, 0.717) is 11.8 Å². The number of imidazole rings is 1. The Balaban J connectivity index is 1.39. The van der Waals surface area contributed by atoms with Gasteiger partial charge in [0, 0.05) is 30.6 Å². The van der Waals surface area contributed by atoms with Crippen LogP contribution in [0.5, 0.6) is 0 Å². The van der Waals surface area contributed by atoms with Gasteiger partial charge in [-0.2, -0.15) is 0 Å². The quantitative estimate of drug-likeness (QED) is 0.560. The molecule has 1 aromatic rings. The highest BCUT2D eigenvalue weighted by Crippen LogP contribution is 2.67. The summed E-state index contributed by atoms with van der Waals surface area (Å²) >= 11 is 1.71. The predicted molar refractivity (Wildman–Crippen MR) is 117 cm³/mol. The molecule has 0 spiro atoms. The molecule has 0 aliphatic heterocycles. The molecular weight excluding hydrogens is 380 g/mol. The Morgan fingerprint density at radius 1 is 1.17 bits per heavy atom. The number of aliphatic hydroxyl groups is 2. The number of fused-ring (bicyclic) bond motifs is 5. The minimum atomic E-state index is -0.604. The van der Waals surface area contributed by atoms with E-state index in [4.69, 9.17) is 0 Å². The van der Waals surface area contributed by atoms with Crippen molar-refractivity contribution in [3.8, 4) is 0 Å². The Bertz CT molecular complexity index is 822. The highest BCUT2D eigenvalue weighted by atomic mass is 32.2. The number of rotatable bonds is 3. The van der Waals surface area contributed by atoms with Crippen LogP contribution in [0.2, 0.25) is 0 Å². The van der Waals surface area contributed by atoms with E-state index >= 15 is 0 Å². The fourth-order valence-electron chi connectivity index (χ4n) is 7.66. The number of nitrogens with zero attached hydrogens (tertiary/aromatic N) is 2. The first-order valence-electron chi connectivity index (χ1n) is 11.5. The van der Waals surface area contributed by atoms with Gasteiger partial charge < -0.3 is 14.8 Å². The molecule has 4 unspecified atom stereocenters. The van der Waals surface area contributed by atoms with Gasteiger partial charge in [-0.3, -0.25) is 0 Å². The molecule has 0 radical (unpaired) electrons. The number of thioether (sulfide) groups is 1. The standard InChI is InChI=1S/C24H36N2O2S/c1-22-9-6-17(27)14-16(22)4-5-18-19(22)7-10-23(2)20(18)8-11-24(23,28)15-29-21-25-12-13-26(21)3/h4,12-13,17-20,27-28H,5-11,14-15H2,1-3H3/t17?,18?,19?,20?,22-,23+,24-/m1/s1. The minimum Gasteiger partial charge on any atom is -0.393 e. The maximum atomic E-state index is 11.9. The Morgan fingerprint density at radius 3 is 2.72 bits per heavy atom. The number of aliphatic hydroxyl groups excluding tert-OH is 1. The summed E-state index contributed by atoms with van der Waals surface area (Å²) in [4.78, 5) is 4.45. The van der Waals surface area contributed by atoms with Crippen molar-refractivity contribution in [2.24, 2.45) is 35.6 Å². The summed E-state index contributed by atoms with van der Waals surface area (Å²) in [7, 11) is 2.03. The molecule has 0 saturated heterocycles. The minimum absolute atomic E-state index is 0.00220. The lowest BCUT2D eigenvalue weighted by atomic mass is 9.47. The fourth-order valence-corrected chi connectivity index (χ4v) is 8.91. The van der Waals surface area contributed by atoms with Gasteiger partial charge in [0.2, 0.25) is 0 Å². The second-order valence-electron chi connectivity index (χ2n) is 10.8. The second kappa shape index (κ2) is 6.86. The molecule has 7 atom stereocenters. The highest BCUT2D eigenvalue weighted by Gasteiger charge is 2.63. The van der Waals surface area contributed by atoms with Gasteiger partial charge in [0.05, 0.1) is 11.7 Å². The third-order valence-corrected chi connectivity index (χ3v) is 10.9. The smallest absolute Gasteiger partial charge is 0.167 e. The lowest BCUT2D eigenvalue weighted by Gasteiger charge is -2.59. The van der Waals surface area contributed by atoms with E-state index in [2.05, 4.69) is 24.9 Å². The maximum Gasteiger partial charge on any atom is 0.167 e. The molecule has 3 fully saturated rings. The van der Waals surface area contributed by atoms with Crippen LogP contribution in [-0.2, 0) is 7.05 Å². The summed E-state index contributed by atoms with van der Waals surface area (Å²) in [6.45, 7) is 4.86. The van der Waals surface area contributed by atoms with Crippen molar-refractivity contribution >= 4 is 11.8 Å². The molecule has 0 amide bonds. The average molecular weight is 417 g/mol. The van der Waals surface area contributed by atoms with Gasteiger partial charge in [-0.25, -0.2) is 4.98 Å². The van der Waals surface area contributed by atoms with Crippen molar-refractivity contribution in [2.75, 3.05) is 5.75 Å². The SMILES string of the molecule is Cn1ccnc1SC[C@]1(O)CCC2C3CC=C4CC(O)CC[C@@]4(C)C3CC[C@@]21C. The van der Waals surface area contributed by atoms with Crippen molar-refractivity contribution in [1.82, 2.24) is 9.55 Å². The first-order valence-corrected chi connectivity index (χ1v) is 12.5. The van der Waals surface area contributed by atoms with Crippen molar-refractivity contribution in [3.63, 3.8) is 0 Å². The van der Waals surface area contributed by atoms with Gasteiger partial charge in [-0.05, 0) is 74.5 Å². The molecule has 1 heterocycles. The first-order chi connectivity index (χ1) is 13.8. The van der Waals surface area contributed by atoms with E-state index < -0.39 is 5.60 Å². The summed E-state index contributed by atoms with van der Waals surface area (Å²) in [5.74, 6) is 2.75. The summed E-state index contributed by atoms with van der Waals surface area (Å²) < 4.78 is 2.05.